The molecule has 1 spiro atoms. The molecule has 0 bridgehead atoms. The summed E-state index contributed by atoms with van der Waals surface area (Å²) in [6.45, 7) is 1.21. The monoisotopic (exact) mass is 301 g/mol. The molecule has 0 aliphatic carbocycles. The first-order valence-electron chi connectivity index (χ1n) is 7.57. The molecule has 0 unspecified atom stereocenters. The van der Waals surface area contributed by atoms with Crippen molar-refractivity contribution in [1.29, 1.82) is 0 Å². The van der Waals surface area contributed by atoms with Crippen LogP contribution in [-0.2, 0) is 20.8 Å². The van der Waals surface area contributed by atoms with Gasteiger partial charge in [0.25, 0.3) is 0 Å². The smallest absolute Gasteiger partial charge is 0.228 e. The minimum atomic E-state index is -0.249. The van der Waals surface area contributed by atoms with Crippen molar-refractivity contribution in [1.82, 2.24) is 15.2 Å². The predicted octanol–water partition coefficient (Wildman–Crippen LogP) is 0.669. The Morgan fingerprint density at radius 1 is 1.18 bits per heavy atom. The number of nitrogens with zero attached hydrogens (tertiary/aromatic N) is 2. The standard InChI is InChI=1S/C16H19N3O3/c20-13-10-16(11-14(21)18-13)4-7-19(8-5-16)15(22)9-12-3-1-2-6-17-12/h1-3,6H,4-5,7-11H2,(H,18,20,21). The van der Waals surface area contributed by atoms with Crippen molar-refractivity contribution in [3.05, 3.63) is 30.1 Å². The number of carbonyl (C=O) groups excluding carboxylic acids is 3. The Morgan fingerprint density at radius 3 is 2.45 bits per heavy atom. The summed E-state index contributed by atoms with van der Waals surface area (Å²) in [5.74, 6) is -0.325. The molecule has 0 atom stereocenters. The van der Waals surface area contributed by atoms with Crippen LogP contribution in [0.4, 0.5) is 0 Å². The highest BCUT2D eigenvalue weighted by atomic mass is 16.2. The number of likely N-dealkylation sites (tertiary alicyclic amines) is 1. The van der Waals surface area contributed by atoms with E-state index in [0.29, 0.717) is 45.2 Å². The summed E-state index contributed by atoms with van der Waals surface area (Å²) in [6.07, 6.45) is 4.18. The van der Waals surface area contributed by atoms with Crippen LogP contribution < -0.4 is 5.32 Å². The highest BCUT2D eigenvalue weighted by molar-refractivity contribution is 5.98. The van der Waals surface area contributed by atoms with Gasteiger partial charge in [0.1, 0.15) is 0 Å². The van der Waals surface area contributed by atoms with Crippen LogP contribution in [0.1, 0.15) is 31.4 Å². The molecule has 1 N–H and O–H groups in total. The first-order valence-corrected chi connectivity index (χ1v) is 7.57. The van der Waals surface area contributed by atoms with Crippen molar-refractivity contribution in [2.75, 3.05) is 13.1 Å². The zero-order valence-electron chi connectivity index (χ0n) is 12.4. The van der Waals surface area contributed by atoms with Crippen LogP contribution in [0.2, 0.25) is 0 Å². The summed E-state index contributed by atoms with van der Waals surface area (Å²) in [6, 6.07) is 5.53. The van der Waals surface area contributed by atoms with Crippen molar-refractivity contribution < 1.29 is 14.4 Å². The maximum atomic E-state index is 12.3. The van der Waals surface area contributed by atoms with E-state index < -0.39 is 0 Å². The molecular weight excluding hydrogens is 282 g/mol. The van der Waals surface area contributed by atoms with Crippen LogP contribution >= 0.6 is 0 Å². The first kappa shape index (κ1) is 14.7. The highest BCUT2D eigenvalue weighted by Crippen LogP contribution is 2.40. The van der Waals surface area contributed by atoms with Gasteiger partial charge in [0.2, 0.25) is 17.7 Å². The molecular formula is C16H19N3O3. The summed E-state index contributed by atoms with van der Waals surface area (Å²) in [4.78, 5) is 41.5. The lowest BCUT2D eigenvalue weighted by atomic mass is 9.71. The van der Waals surface area contributed by atoms with Crippen molar-refractivity contribution in [2.24, 2.45) is 5.41 Å². The molecule has 0 aromatic carbocycles. The number of carbonyl (C=O) groups is 3. The Balaban J connectivity index is 1.58. The number of hydrogen-bond acceptors (Lipinski definition) is 4. The number of imide groups is 1. The van der Waals surface area contributed by atoms with E-state index in [1.807, 2.05) is 23.1 Å². The van der Waals surface area contributed by atoms with E-state index >= 15 is 0 Å². The molecule has 0 saturated carbocycles. The zero-order valence-corrected chi connectivity index (χ0v) is 12.4. The van der Waals surface area contributed by atoms with Crippen LogP contribution in [0.3, 0.4) is 0 Å². The third kappa shape index (κ3) is 3.16. The predicted molar refractivity (Wildman–Crippen MR) is 78.6 cm³/mol. The maximum absolute atomic E-state index is 12.3. The van der Waals surface area contributed by atoms with Gasteiger partial charge in [-0.3, -0.25) is 24.7 Å². The van der Waals surface area contributed by atoms with Gasteiger partial charge in [-0.15, -0.1) is 0 Å². The normalized spacial score (nSPS) is 20.8. The summed E-state index contributed by atoms with van der Waals surface area (Å²) >= 11 is 0. The number of piperidine rings is 2. The molecule has 3 rings (SSSR count). The number of pyridine rings is 1. The molecule has 1 aromatic rings. The molecule has 3 amide bonds. The highest BCUT2D eigenvalue weighted by Gasteiger charge is 2.42. The summed E-state index contributed by atoms with van der Waals surface area (Å²) in [5.41, 5.74) is 0.515. The van der Waals surface area contributed by atoms with Crippen molar-refractivity contribution >= 4 is 17.7 Å². The summed E-state index contributed by atoms with van der Waals surface area (Å²) in [5, 5.41) is 2.35. The molecule has 116 valence electrons. The van der Waals surface area contributed by atoms with E-state index in [1.54, 1.807) is 6.20 Å². The topological polar surface area (TPSA) is 79.4 Å². The lowest BCUT2D eigenvalue weighted by Crippen LogP contribution is -2.51. The lowest BCUT2D eigenvalue weighted by molar-refractivity contribution is -0.141. The van der Waals surface area contributed by atoms with Gasteiger partial charge in [0, 0.05) is 37.8 Å². The van der Waals surface area contributed by atoms with Gasteiger partial charge in [-0.2, -0.15) is 0 Å². The number of nitrogens with one attached hydrogen (secondary N) is 1. The van der Waals surface area contributed by atoms with Crippen molar-refractivity contribution in [3.63, 3.8) is 0 Å². The van der Waals surface area contributed by atoms with E-state index in [0.717, 1.165) is 5.69 Å². The van der Waals surface area contributed by atoms with Gasteiger partial charge < -0.3 is 4.90 Å². The Morgan fingerprint density at radius 2 is 1.86 bits per heavy atom. The third-order valence-corrected chi connectivity index (χ3v) is 4.59. The van der Waals surface area contributed by atoms with Gasteiger partial charge in [-0.1, -0.05) is 6.07 Å². The van der Waals surface area contributed by atoms with Crippen LogP contribution in [0.5, 0.6) is 0 Å². The van der Waals surface area contributed by atoms with Crippen LogP contribution in [0, 0.1) is 5.41 Å². The van der Waals surface area contributed by atoms with Gasteiger partial charge in [0.15, 0.2) is 0 Å². The van der Waals surface area contributed by atoms with E-state index in [9.17, 15) is 14.4 Å². The Kier molecular flexibility index (Phi) is 3.92. The fourth-order valence-electron chi connectivity index (χ4n) is 3.34. The fraction of sp³-hybridized carbons (Fsp3) is 0.500. The second-order valence-corrected chi connectivity index (χ2v) is 6.20. The largest absolute Gasteiger partial charge is 0.342 e. The van der Waals surface area contributed by atoms with Crippen LogP contribution in [0.25, 0.3) is 0 Å². The number of aromatic nitrogens is 1. The first-order chi connectivity index (χ1) is 10.6. The minimum Gasteiger partial charge on any atom is -0.342 e. The Hall–Kier alpha value is -2.24. The van der Waals surface area contributed by atoms with Crippen LogP contribution in [-0.4, -0.2) is 40.7 Å². The lowest BCUT2D eigenvalue weighted by Gasteiger charge is -2.43. The van der Waals surface area contributed by atoms with Gasteiger partial charge >= 0.3 is 0 Å². The molecule has 1 aromatic heterocycles. The molecule has 2 saturated heterocycles. The summed E-state index contributed by atoms with van der Waals surface area (Å²) in [7, 11) is 0. The Labute approximate surface area is 128 Å². The molecule has 2 aliphatic heterocycles. The molecule has 6 heteroatoms. The maximum Gasteiger partial charge on any atom is 0.228 e. The quantitative estimate of drug-likeness (QED) is 0.814. The molecule has 2 fully saturated rings. The second-order valence-electron chi connectivity index (χ2n) is 6.20. The molecule has 22 heavy (non-hydrogen) atoms. The minimum absolute atomic E-state index is 0.0557. The molecule has 0 radical (unpaired) electrons. The number of hydrogen-bond donors (Lipinski definition) is 1. The molecule has 2 aliphatic rings. The molecule has 6 nitrogen and oxygen atoms in total. The average molecular weight is 301 g/mol. The second kappa shape index (κ2) is 5.87. The fourth-order valence-corrected chi connectivity index (χ4v) is 3.34. The van der Waals surface area contributed by atoms with Gasteiger partial charge in [-0.25, -0.2) is 0 Å². The SMILES string of the molecule is O=C1CC2(CCN(C(=O)Cc3ccccn3)CC2)CC(=O)N1. The number of rotatable bonds is 2. The number of amides is 3. The average Bonchev–Trinajstić information content (AvgIpc) is 2.47. The van der Waals surface area contributed by atoms with E-state index in [-0.39, 0.29) is 23.1 Å². The van der Waals surface area contributed by atoms with E-state index in [2.05, 4.69) is 10.3 Å². The van der Waals surface area contributed by atoms with Crippen molar-refractivity contribution in [2.45, 2.75) is 32.1 Å². The van der Waals surface area contributed by atoms with E-state index in [4.69, 9.17) is 0 Å². The van der Waals surface area contributed by atoms with Gasteiger partial charge in [0.05, 0.1) is 6.42 Å². The summed E-state index contributed by atoms with van der Waals surface area (Å²) < 4.78 is 0. The van der Waals surface area contributed by atoms with Crippen molar-refractivity contribution in [3.8, 4) is 0 Å². The Bertz CT molecular complexity index is 574. The van der Waals surface area contributed by atoms with Gasteiger partial charge in [-0.05, 0) is 30.4 Å². The van der Waals surface area contributed by atoms with Crippen LogP contribution in [0.15, 0.2) is 24.4 Å². The molecule has 3 heterocycles. The zero-order chi connectivity index (χ0) is 15.6. The van der Waals surface area contributed by atoms with E-state index in [1.165, 1.54) is 0 Å². The third-order valence-electron chi connectivity index (χ3n) is 4.59.